The fourth-order valence-corrected chi connectivity index (χ4v) is 5.52. The van der Waals surface area contributed by atoms with Gasteiger partial charge in [-0.25, -0.2) is 0 Å². The number of benzene rings is 2. The van der Waals surface area contributed by atoms with Crippen molar-refractivity contribution >= 4 is 34.4 Å². The second-order valence-corrected chi connectivity index (χ2v) is 11.4. The molecule has 4 heteroatoms. The maximum absolute atomic E-state index is 6.37. The van der Waals surface area contributed by atoms with Crippen LogP contribution in [0.25, 0.3) is 0 Å². The average molecular weight is 355 g/mol. The van der Waals surface area contributed by atoms with Gasteiger partial charge in [-0.2, -0.15) is 0 Å². The fourth-order valence-electron chi connectivity index (χ4n) is 2.17. The minimum absolute atomic E-state index is 0.0218. The van der Waals surface area contributed by atoms with Gasteiger partial charge in [0.15, 0.2) is 0 Å². The summed E-state index contributed by atoms with van der Waals surface area (Å²) in [6.45, 7) is 6.54. The zero-order valence-corrected chi connectivity index (χ0v) is 15.5. The van der Waals surface area contributed by atoms with Crippen molar-refractivity contribution in [1.29, 1.82) is 0 Å². The third kappa shape index (κ3) is 4.44. The molecule has 0 N–H and O–H groups in total. The number of para-hydroxylation sites is 1. The maximum atomic E-state index is 6.37. The van der Waals surface area contributed by atoms with Gasteiger partial charge in [0.1, 0.15) is 0 Å². The van der Waals surface area contributed by atoms with Gasteiger partial charge < -0.3 is 0 Å². The summed E-state index contributed by atoms with van der Waals surface area (Å²) >= 11 is -2.26. The molecular formula is C17H18Cl2NTi. The Kier molecular flexibility index (Phi) is 5.68. The first-order chi connectivity index (χ1) is 9.89. The summed E-state index contributed by atoms with van der Waals surface area (Å²) < 4.78 is 1.10. The zero-order chi connectivity index (χ0) is 15.5. The molecule has 0 heterocycles. The van der Waals surface area contributed by atoms with Crippen molar-refractivity contribution in [3.63, 3.8) is 0 Å². The first-order valence-electron chi connectivity index (χ1n) is 6.80. The van der Waals surface area contributed by atoms with Crippen LogP contribution in [0.5, 0.6) is 0 Å². The van der Waals surface area contributed by atoms with Crippen molar-refractivity contribution in [2.45, 2.75) is 26.2 Å². The molecule has 2 aromatic carbocycles. The van der Waals surface area contributed by atoms with Crippen molar-refractivity contribution in [2.75, 3.05) is 0 Å². The van der Waals surface area contributed by atoms with E-state index in [1.807, 2.05) is 48.7 Å². The predicted octanol–water partition coefficient (Wildman–Crippen LogP) is 5.29. The molecule has 0 aliphatic heterocycles. The van der Waals surface area contributed by atoms with Crippen LogP contribution in [-0.4, -0.2) is 6.21 Å². The van der Waals surface area contributed by atoms with Crippen molar-refractivity contribution < 1.29 is 15.7 Å². The quantitative estimate of drug-likeness (QED) is 0.524. The first kappa shape index (κ1) is 16.8. The third-order valence-electron chi connectivity index (χ3n) is 3.20. The van der Waals surface area contributed by atoms with Crippen LogP contribution in [0.1, 0.15) is 31.9 Å². The molecule has 0 radical (unpaired) electrons. The van der Waals surface area contributed by atoms with Crippen LogP contribution in [-0.2, 0) is 21.2 Å². The number of nitrogens with zero attached hydrogens (tertiary/aromatic N) is 1. The SMILES string of the molecule is CC(C)(C)c1cccc(C=Nc2ccccc2)[c]1[Ti]([Cl])[Cl]. The Hall–Kier alpha value is -0.596. The van der Waals surface area contributed by atoms with E-state index in [0.717, 1.165) is 15.1 Å². The second kappa shape index (κ2) is 7.11. The molecule has 2 rings (SSSR count). The Morgan fingerprint density at radius 1 is 0.952 bits per heavy atom. The van der Waals surface area contributed by atoms with Crippen LogP contribution < -0.4 is 3.87 Å². The Morgan fingerprint density at radius 3 is 2.19 bits per heavy atom. The summed E-state index contributed by atoms with van der Waals surface area (Å²) in [5.41, 5.74) is 3.20. The second-order valence-electron chi connectivity index (χ2n) is 5.87. The summed E-state index contributed by atoms with van der Waals surface area (Å²) in [7, 11) is 12.7. The van der Waals surface area contributed by atoms with Gasteiger partial charge in [-0.3, -0.25) is 0 Å². The van der Waals surface area contributed by atoms with Crippen molar-refractivity contribution in [3.05, 3.63) is 59.7 Å². The molecule has 2 aromatic rings. The molecule has 0 fully saturated rings. The summed E-state index contributed by atoms with van der Waals surface area (Å²) in [5.74, 6) is 0. The summed E-state index contributed by atoms with van der Waals surface area (Å²) in [6.07, 6.45) is 1.87. The molecule has 109 valence electrons. The van der Waals surface area contributed by atoms with Gasteiger partial charge in [0.05, 0.1) is 0 Å². The van der Waals surface area contributed by atoms with E-state index in [0.29, 0.717) is 0 Å². The Bertz CT molecular complexity index is 631. The molecule has 0 atom stereocenters. The van der Waals surface area contributed by atoms with Gasteiger partial charge in [0, 0.05) is 0 Å². The molecule has 0 aliphatic rings. The number of hydrogen-bond donors (Lipinski definition) is 0. The third-order valence-corrected chi connectivity index (χ3v) is 6.22. The number of halogens is 2. The van der Waals surface area contributed by atoms with E-state index in [2.05, 4.69) is 31.8 Å². The van der Waals surface area contributed by atoms with E-state index >= 15 is 0 Å². The van der Waals surface area contributed by atoms with Crippen molar-refractivity contribution in [2.24, 2.45) is 4.99 Å². The van der Waals surface area contributed by atoms with E-state index in [1.165, 1.54) is 5.56 Å². The molecule has 0 saturated heterocycles. The zero-order valence-electron chi connectivity index (χ0n) is 12.4. The summed E-state index contributed by atoms with van der Waals surface area (Å²) in [4.78, 5) is 4.53. The molecule has 0 saturated carbocycles. The van der Waals surface area contributed by atoms with Crippen LogP contribution in [0.3, 0.4) is 0 Å². The molecule has 0 bridgehead atoms. The van der Waals surface area contributed by atoms with Crippen LogP contribution >= 0.6 is 18.6 Å². The van der Waals surface area contributed by atoms with Crippen LogP contribution in [0.4, 0.5) is 5.69 Å². The van der Waals surface area contributed by atoms with Gasteiger partial charge >= 0.3 is 141 Å². The summed E-state index contributed by atoms with van der Waals surface area (Å²) in [5, 5.41) is 0. The molecule has 0 amide bonds. The van der Waals surface area contributed by atoms with E-state index in [1.54, 1.807) is 0 Å². The average Bonchev–Trinajstić information content (AvgIpc) is 2.44. The number of rotatable bonds is 3. The molecular weight excluding hydrogens is 337 g/mol. The summed E-state index contributed by atoms with van der Waals surface area (Å²) in [6, 6.07) is 16.1. The van der Waals surface area contributed by atoms with E-state index in [4.69, 9.17) is 18.6 Å². The molecule has 0 spiro atoms. The van der Waals surface area contributed by atoms with Crippen molar-refractivity contribution in [3.8, 4) is 0 Å². The Balaban J connectivity index is 2.47. The van der Waals surface area contributed by atoms with Gasteiger partial charge in [0.25, 0.3) is 0 Å². The molecule has 0 unspecified atom stereocenters. The first-order valence-corrected chi connectivity index (χ1v) is 11.9. The Labute approximate surface area is 140 Å². The molecule has 0 aromatic heterocycles. The van der Waals surface area contributed by atoms with Gasteiger partial charge in [0.2, 0.25) is 0 Å². The van der Waals surface area contributed by atoms with Gasteiger partial charge in [-0.05, 0) is 0 Å². The Morgan fingerprint density at radius 2 is 1.62 bits per heavy atom. The minimum atomic E-state index is -2.26. The normalized spacial score (nSPS) is 11.9. The van der Waals surface area contributed by atoms with Crippen LogP contribution in [0, 0.1) is 0 Å². The topological polar surface area (TPSA) is 12.4 Å². The van der Waals surface area contributed by atoms with Crippen molar-refractivity contribution in [1.82, 2.24) is 0 Å². The standard InChI is InChI=1S/C17H18N.2ClH.Ti/c1-17(2,3)15-9-7-8-14(12-15)13-18-16-10-5-4-6-11-16;;;/h4-11,13H,1-3H3;2*1H;/q;;;+2/p-2. The van der Waals surface area contributed by atoms with E-state index < -0.39 is 15.7 Å². The van der Waals surface area contributed by atoms with Crippen LogP contribution in [0.15, 0.2) is 53.5 Å². The number of aliphatic imine (C=N–C) groups is 1. The van der Waals surface area contributed by atoms with E-state index in [-0.39, 0.29) is 5.41 Å². The van der Waals surface area contributed by atoms with Crippen LogP contribution in [0.2, 0.25) is 0 Å². The molecule has 0 aliphatic carbocycles. The monoisotopic (exact) mass is 354 g/mol. The number of hydrogen-bond acceptors (Lipinski definition) is 1. The molecule has 1 nitrogen and oxygen atoms in total. The molecule has 21 heavy (non-hydrogen) atoms. The fraction of sp³-hybridized carbons (Fsp3) is 0.235. The van der Waals surface area contributed by atoms with Gasteiger partial charge in [-0.15, -0.1) is 0 Å². The van der Waals surface area contributed by atoms with Gasteiger partial charge in [-0.1, -0.05) is 0 Å². The van der Waals surface area contributed by atoms with E-state index in [9.17, 15) is 0 Å². The predicted molar refractivity (Wildman–Crippen MR) is 90.2 cm³/mol.